The standard InChI is InChI=1S/C21H24N2O3/c24-21(16-4-2-1-3-5-16)23-18-9-7-17(8-10-18)22-13-15-6-11-19-20(12-15)26-14-25-19/h6-12,16,22H,1-5,13-14H2,(H,23,24). The molecule has 2 aromatic carbocycles. The van der Waals surface area contributed by atoms with Crippen molar-refractivity contribution < 1.29 is 14.3 Å². The highest BCUT2D eigenvalue weighted by Gasteiger charge is 2.20. The van der Waals surface area contributed by atoms with E-state index in [1.165, 1.54) is 19.3 Å². The molecular formula is C21H24N2O3. The van der Waals surface area contributed by atoms with Gasteiger partial charge in [0.25, 0.3) is 0 Å². The van der Waals surface area contributed by atoms with Crippen LogP contribution in [0.3, 0.4) is 0 Å². The second-order valence-electron chi connectivity index (χ2n) is 6.94. The van der Waals surface area contributed by atoms with E-state index in [1.54, 1.807) is 0 Å². The Morgan fingerprint density at radius 3 is 2.46 bits per heavy atom. The van der Waals surface area contributed by atoms with Gasteiger partial charge in [0, 0.05) is 23.8 Å². The second-order valence-corrected chi connectivity index (χ2v) is 6.94. The first kappa shape index (κ1) is 16.8. The van der Waals surface area contributed by atoms with Crippen LogP contribution in [-0.4, -0.2) is 12.7 Å². The van der Waals surface area contributed by atoms with Crippen LogP contribution in [0, 0.1) is 5.92 Å². The van der Waals surface area contributed by atoms with Gasteiger partial charge in [-0.3, -0.25) is 4.79 Å². The Kier molecular flexibility index (Phi) is 4.95. The summed E-state index contributed by atoms with van der Waals surface area (Å²) >= 11 is 0. The first-order chi connectivity index (χ1) is 12.8. The summed E-state index contributed by atoms with van der Waals surface area (Å²) in [6.45, 7) is 0.991. The molecule has 1 amide bonds. The van der Waals surface area contributed by atoms with Crippen molar-refractivity contribution in [3.8, 4) is 11.5 Å². The number of ether oxygens (including phenoxy) is 2. The summed E-state index contributed by atoms with van der Waals surface area (Å²) in [5, 5.41) is 6.43. The van der Waals surface area contributed by atoms with E-state index in [9.17, 15) is 4.79 Å². The van der Waals surface area contributed by atoms with Crippen molar-refractivity contribution in [1.82, 2.24) is 0 Å². The molecule has 1 saturated carbocycles. The zero-order valence-corrected chi connectivity index (χ0v) is 14.8. The van der Waals surface area contributed by atoms with Crippen molar-refractivity contribution in [2.75, 3.05) is 17.4 Å². The Bertz CT molecular complexity index is 767. The highest BCUT2D eigenvalue weighted by atomic mass is 16.7. The topological polar surface area (TPSA) is 59.6 Å². The molecule has 2 aliphatic rings. The molecule has 0 radical (unpaired) electrons. The van der Waals surface area contributed by atoms with Gasteiger partial charge in [-0.25, -0.2) is 0 Å². The number of hydrogen-bond acceptors (Lipinski definition) is 4. The minimum absolute atomic E-state index is 0.158. The van der Waals surface area contributed by atoms with Gasteiger partial charge < -0.3 is 20.1 Å². The monoisotopic (exact) mass is 352 g/mol. The minimum atomic E-state index is 0.158. The van der Waals surface area contributed by atoms with Crippen LogP contribution >= 0.6 is 0 Å². The molecule has 0 bridgehead atoms. The van der Waals surface area contributed by atoms with Crippen molar-refractivity contribution in [1.29, 1.82) is 0 Å². The minimum Gasteiger partial charge on any atom is -0.454 e. The Morgan fingerprint density at radius 2 is 1.65 bits per heavy atom. The molecular weight excluding hydrogens is 328 g/mol. The van der Waals surface area contributed by atoms with E-state index in [0.717, 1.165) is 41.3 Å². The van der Waals surface area contributed by atoms with E-state index >= 15 is 0 Å². The fourth-order valence-electron chi connectivity index (χ4n) is 3.54. The third kappa shape index (κ3) is 3.93. The fourth-order valence-corrected chi connectivity index (χ4v) is 3.54. The van der Waals surface area contributed by atoms with Gasteiger partial charge in [-0.1, -0.05) is 25.3 Å². The van der Waals surface area contributed by atoms with Gasteiger partial charge in [0.05, 0.1) is 0 Å². The molecule has 1 fully saturated rings. The second kappa shape index (κ2) is 7.68. The number of rotatable bonds is 5. The Labute approximate surface area is 153 Å². The molecule has 0 unspecified atom stereocenters. The molecule has 5 nitrogen and oxygen atoms in total. The van der Waals surface area contributed by atoms with E-state index < -0.39 is 0 Å². The average molecular weight is 352 g/mol. The summed E-state index contributed by atoms with van der Waals surface area (Å²) in [7, 11) is 0. The predicted molar refractivity (Wildman–Crippen MR) is 102 cm³/mol. The lowest BCUT2D eigenvalue weighted by Gasteiger charge is -2.20. The molecule has 1 aliphatic heterocycles. The lowest BCUT2D eigenvalue weighted by Crippen LogP contribution is -2.24. The SMILES string of the molecule is O=C(Nc1ccc(NCc2ccc3c(c2)OCO3)cc1)C1CCCCC1. The molecule has 2 aromatic rings. The Hall–Kier alpha value is -2.69. The van der Waals surface area contributed by atoms with Gasteiger partial charge in [0.2, 0.25) is 12.7 Å². The molecule has 0 atom stereocenters. The maximum atomic E-state index is 12.3. The Balaban J connectivity index is 1.30. The fraction of sp³-hybridized carbons (Fsp3) is 0.381. The first-order valence-electron chi connectivity index (χ1n) is 9.31. The number of amides is 1. The zero-order valence-electron chi connectivity index (χ0n) is 14.8. The smallest absolute Gasteiger partial charge is 0.231 e. The van der Waals surface area contributed by atoms with Gasteiger partial charge in [-0.15, -0.1) is 0 Å². The molecule has 136 valence electrons. The van der Waals surface area contributed by atoms with Gasteiger partial charge in [0.15, 0.2) is 11.5 Å². The quantitative estimate of drug-likeness (QED) is 0.829. The van der Waals surface area contributed by atoms with Gasteiger partial charge in [-0.05, 0) is 54.8 Å². The Morgan fingerprint density at radius 1 is 0.923 bits per heavy atom. The van der Waals surface area contributed by atoms with E-state index in [2.05, 4.69) is 10.6 Å². The largest absolute Gasteiger partial charge is 0.454 e. The summed E-state index contributed by atoms with van der Waals surface area (Å²) in [6.07, 6.45) is 5.62. The van der Waals surface area contributed by atoms with Crippen LogP contribution in [0.5, 0.6) is 11.5 Å². The van der Waals surface area contributed by atoms with Gasteiger partial charge >= 0.3 is 0 Å². The molecule has 0 spiro atoms. The highest BCUT2D eigenvalue weighted by molar-refractivity contribution is 5.92. The number of benzene rings is 2. The van der Waals surface area contributed by atoms with E-state index in [4.69, 9.17) is 9.47 Å². The lowest BCUT2D eigenvalue weighted by atomic mass is 9.88. The van der Waals surface area contributed by atoms with Gasteiger partial charge in [0.1, 0.15) is 0 Å². The van der Waals surface area contributed by atoms with E-state index in [1.807, 2.05) is 42.5 Å². The van der Waals surface area contributed by atoms with Crippen LogP contribution in [0.2, 0.25) is 0 Å². The maximum Gasteiger partial charge on any atom is 0.231 e. The highest BCUT2D eigenvalue weighted by Crippen LogP contribution is 2.32. The van der Waals surface area contributed by atoms with Crippen molar-refractivity contribution in [3.05, 3.63) is 48.0 Å². The summed E-state index contributed by atoms with van der Waals surface area (Å²) in [5.74, 6) is 1.93. The van der Waals surface area contributed by atoms with Crippen LogP contribution in [0.4, 0.5) is 11.4 Å². The molecule has 5 heteroatoms. The summed E-state index contributed by atoms with van der Waals surface area (Å²) in [5.41, 5.74) is 3.00. The average Bonchev–Trinajstić information content (AvgIpc) is 3.16. The van der Waals surface area contributed by atoms with Crippen molar-refractivity contribution >= 4 is 17.3 Å². The predicted octanol–water partition coefficient (Wildman–Crippen LogP) is 4.55. The van der Waals surface area contributed by atoms with Gasteiger partial charge in [-0.2, -0.15) is 0 Å². The number of carbonyl (C=O) groups is 1. The molecule has 1 heterocycles. The lowest BCUT2D eigenvalue weighted by molar-refractivity contribution is -0.120. The first-order valence-corrected chi connectivity index (χ1v) is 9.31. The number of hydrogen-bond donors (Lipinski definition) is 2. The van der Waals surface area contributed by atoms with Crippen LogP contribution in [0.15, 0.2) is 42.5 Å². The zero-order chi connectivity index (χ0) is 17.8. The molecule has 0 aromatic heterocycles. The van der Waals surface area contributed by atoms with Crippen molar-refractivity contribution in [2.45, 2.75) is 38.6 Å². The number of fused-ring (bicyclic) bond motifs is 1. The summed E-state index contributed by atoms with van der Waals surface area (Å²) in [6, 6.07) is 13.8. The third-order valence-corrected chi connectivity index (χ3v) is 5.06. The van der Waals surface area contributed by atoms with Crippen LogP contribution in [-0.2, 0) is 11.3 Å². The number of anilines is 2. The summed E-state index contributed by atoms with van der Waals surface area (Å²) < 4.78 is 10.7. The van der Waals surface area contributed by atoms with Crippen LogP contribution in [0.1, 0.15) is 37.7 Å². The number of carbonyl (C=O) groups excluding carboxylic acids is 1. The van der Waals surface area contributed by atoms with Crippen LogP contribution in [0.25, 0.3) is 0 Å². The van der Waals surface area contributed by atoms with Crippen molar-refractivity contribution in [2.24, 2.45) is 5.92 Å². The number of nitrogens with one attached hydrogen (secondary N) is 2. The maximum absolute atomic E-state index is 12.3. The molecule has 26 heavy (non-hydrogen) atoms. The molecule has 2 N–H and O–H groups in total. The third-order valence-electron chi connectivity index (χ3n) is 5.06. The van der Waals surface area contributed by atoms with E-state index in [-0.39, 0.29) is 11.8 Å². The molecule has 0 saturated heterocycles. The van der Waals surface area contributed by atoms with Crippen molar-refractivity contribution in [3.63, 3.8) is 0 Å². The normalized spacial score (nSPS) is 16.3. The van der Waals surface area contributed by atoms with E-state index in [0.29, 0.717) is 13.3 Å². The molecule has 1 aliphatic carbocycles. The summed E-state index contributed by atoms with van der Waals surface area (Å²) in [4.78, 5) is 12.3. The van der Waals surface area contributed by atoms with Crippen LogP contribution < -0.4 is 20.1 Å². The molecule has 4 rings (SSSR count).